The van der Waals surface area contributed by atoms with Gasteiger partial charge in [-0.1, -0.05) is 29.8 Å². The van der Waals surface area contributed by atoms with E-state index in [9.17, 15) is 14.4 Å². The lowest BCUT2D eigenvalue weighted by Crippen LogP contribution is -2.19. The van der Waals surface area contributed by atoms with E-state index in [0.29, 0.717) is 34.1 Å². The van der Waals surface area contributed by atoms with E-state index in [4.69, 9.17) is 35.3 Å². The highest BCUT2D eigenvalue weighted by molar-refractivity contribution is 6.34. The lowest BCUT2D eigenvalue weighted by atomic mass is 10.0. The number of nitrogens with zero attached hydrogens (tertiary/aromatic N) is 1. The molecule has 47 heavy (non-hydrogen) atoms. The first-order valence-corrected chi connectivity index (χ1v) is 14.7. The largest absolute Gasteiger partial charge is 0.497 e. The zero-order chi connectivity index (χ0) is 33.5. The molecule has 5 rings (SSSR count). The van der Waals surface area contributed by atoms with Crippen molar-refractivity contribution in [3.05, 3.63) is 101 Å². The molecule has 0 spiro atoms. The molecule has 0 bridgehead atoms. The molecule has 0 aliphatic heterocycles. The summed E-state index contributed by atoms with van der Waals surface area (Å²) in [6.45, 7) is 3.35. The molecule has 0 atom stereocenters. The Bertz CT molecular complexity index is 2000. The van der Waals surface area contributed by atoms with Crippen molar-refractivity contribution in [2.24, 2.45) is 5.10 Å². The van der Waals surface area contributed by atoms with Gasteiger partial charge in [0.2, 0.25) is 0 Å². The number of hydrogen-bond donors (Lipinski definition) is 2. The summed E-state index contributed by atoms with van der Waals surface area (Å²) in [6.07, 6.45) is 1.44. The average molecular weight is 656 g/mol. The summed E-state index contributed by atoms with van der Waals surface area (Å²) < 4.78 is 27.1. The number of methoxy groups -OCH3 is 2. The van der Waals surface area contributed by atoms with Crippen LogP contribution in [0.25, 0.3) is 22.0 Å². The summed E-state index contributed by atoms with van der Waals surface area (Å²) in [5.74, 6) is -0.250. The maximum absolute atomic E-state index is 13.4. The van der Waals surface area contributed by atoms with Crippen molar-refractivity contribution in [1.29, 1.82) is 0 Å². The van der Waals surface area contributed by atoms with Gasteiger partial charge in [0, 0.05) is 34.0 Å². The Morgan fingerprint density at radius 3 is 2.36 bits per heavy atom. The normalized spacial score (nSPS) is 10.9. The van der Waals surface area contributed by atoms with E-state index < -0.39 is 17.8 Å². The number of carbonyl (C=O) groups is 3. The maximum atomic E-state index is 13.4. The molecule has 1 amide bonds. The van der Waals surface area contributed by atoms with Gasteiger partial charge in [-0.15, -0.1) is 0 Å². The first kappa shape index (κ1) is 32.6. The molecule has 1 aromatic heterocycles. The van der Waals surface area contributed by atoms with Gasteiger partial charge in [-0.05, 0) is 73.2 Å². The molecule has 0 radical (unpaired) electrons. The van der Waals surface area contributed by atoms with E-state index in [-0.39, 0.29) is 34.3 Å². The van der Waals surface area contributed by atoms with Gasteiger partial charge in [0.1, 0.15) is 11.4 Å². The van der Waals surface area contributed by atoms with Gasteiger partial charge in [-0.3, -0.25) is 9.59 Å². The number of hydrazone groups is 1. The van der Waals surface area contributed by atoms with E-state index in [0.717, 1.165) is 10.9 Å². The molecule has 2 N–H and O–H groups in total. The third-order valence-corrected chi connectivity index (χ3v) is 7.21. The number of ether oxygens (including phenoxy) is 5. The van der Waals surface area contributed by atoms with E-state index >= 15 is 0 Å². The Morgan fingerprint density at radius 2 is 1.64 bits per heavy atom. The Morgan fingerprint density at radius 1 is 0.872 bits per heavy atom. The fourth-order valence-electron chi connectivity index (χ4n) is 4.78. The number of amides is 1. The van der Waals surface area contributed by atoms with Gasteiger partial charge in [-0.25, -0.2) is 10.2 Å². The maximum Gasteiger partial charge on any atom is 0.343 e. The molecular weight excluding hydrogens is 626 g/mol. The Labute approximate surface area is 275 Å². The van der Waals surface area contributed by atoms with Crippen LogP contribution >= 0.6 is 11.6 Å². The quantitative estimate of drug-likeness (QED) is 0.0685. The second-order valence-electron chi connectivity index (χ2n) is 9.95. The van der Waals surface area contributed by atoms with Crippen LogP contribution in [0.5, 0.6) is 28.7 Å². The van der Waals surface area contributed by atoms with Gasteiger partial charge in [-0.2, -0.15) is 5.10 Å². The van der Waals surface area contributed by atoms with E-state index in [1.165, 1.54) is 38.4 Å². The van der Waals surface area contributed by atoms with Crippen LogP contribution < -0.4 is 29.1 Å². The third kappa shape index (κ3) is 7.37. The number of aromatic nitrogens is 1. The molecule has 11 nitrogen and oxygen atoms in total. The number of nitrogens with one attached hydrogen (secondary N) is 2. The number of esters is 2. The van der Waals surface area contributed by atoms with Gasteiger partial charge in [0.05, 0.1) is 32.6 Å². The summed E-state index contributed by atoms with van der Waals surface area (Å²) in [7, 11) is 2.96. The summed E-state index contributed by atoms with van der Waals surface area (Å²) in [6, 6.07) is 21.8. The van der Waals surface area contributed by atoms with Crippen LogP contribution in [0.2, 0.25) is 5.02 Å². The molecule has 5 aromatic rings. The van der Waals surface area contributed by atoms with Gasteiger partial charge in [0.25, 0.3) is 5.91 Å². The SMILES string of the molecule is CCOc1cc(C=NNC(=O)c2[nH]c3ccc(OC)cc3c2-c2ccccc2Cl)ccc1OC(=O)c1ccc(OC(C)=O)c(OC)c1. The monoisotopic (exact) mass is 655 g/mol. The molecule has 0 saturated heterocycles. The first-order valence-electron chi connectivity index (χ1n) is 14.4. The molecule has 0 saturated carbocycles. The van der Waals surface area contributed by atoms with Crippen molar-refractivity contribution in [3.8, 4) is 39.9 Å². The molecule has 0 aliphatic carbocycles. The van der Waals surface area contributed by atoms with Crippen molar-refractivity contribution in [3.63, 3.8) is 0 Å². The lowest BCUT2D eigenvalue weighted by Gasteiger charge is -2.13. The zero-order valence-corrected chi connectivity index (χ0v) is 26.6. The second-order valence-corrected chi connectivity index (χ2v) is 10.4. The molecule has 1 heterocycles. The fraction of sp³-hybridized carbons (Fsp3) is 0.143. The molecule has 4 aromatic carbocycles. The second kappa shape index (κ2) is 14.5. The van der Waals surface area contributed by atoms with Crippen LogP contribution in [0.15, 0.2) is 84.0 Å². The van der Waals surface area contributed by atoms with Crippen LogP contribution in [-0.4, -0.2) is 49.9 Å². The van der Waals surface area contributed by atoms with Crippen LogP contribution in [0.1, 0.15) is 40.3 Å². The van der Waals surface area contributed by atoms with Gasteiger partial charge < -0.3 is 28.7 Å². The summed E-state index contributed by atoms with van der Waals surface area (Å²) >= 11 is 6.54. The van der Waals surface area contributed by atoms with Crippen molar-refractivity contribution >= 4 is 46.6 Å². The first-order chi connectivity index (χ1) is 22.7. The van der Waals surface area contributed by atoms with Crippen molar-refractivity contribution in [2.45, 2.75) is 13.8 Å². The molecule has 0 unspecified atom stereocenters. The van der Waals surface area contributed by atoms with Crippen molar-refractivity contribution in [1.82, 2.24) is 10.4 Å². The summed E-state index contributed by atoms with van der Waals surface area (Å²) in [4.78, 5) is 40.9. The average Bonchev–Trinajstić information content (AvgIpc) is 3.44. The number of halogens is 1. The number of aromatic amines is 1. The molecule has 12 heteroatoms. The van der Waals surface area contributed by atoms with E-state index in [2.05, 4.69) is 15.5 Å². The third-order valence-electron chi connectivity index (χ3n) is 6.88. The predicted molar refractivity (Wildman–Crippen MR) is 177 cm³/mol. The lowest BCUT2D eigenvalue weighted by molar-refractivity contribution is -0.132. The molecule has 240 valence electrons. The number of H-pyrrole nitrogens is 1. The van der Waals surface area contributed by atoms with Crippen LogP contribution in [0.4, 0.5) is 0 Å². The smallest absolute Gasteiger partial charge is 0.343 e. The van der Waals surface area contributed by atoms with Crippen LogP contribution in [0, 0.1) is 0 Å². The number of carbonyl (C=O) groups excluding carboxylic acids is 3. The van der Waals surface area contributed by atoms with Crippen molar-refractivity contribution in [2.75, 3.05) is 20.8 Å². The Hall–Kier alpha value is -5.81. The van der Waals surface area contributed by atoms with E-state index in [1.54, 1.807) is 44.4 Å². The highest BCUT2D eigenvalue weighted by atomic mass is 35.5. The minimum atomic E-state index is -0.683. The summed E-state index contributed by atoms with van der Waals surface area (Å²) in [5.41, 5.74) is 5.58. The Balaban J connectivity index is 1.36. The number of benzene rings is 4. The minimum absolute atomic E-state index is 0.166. The number of fused-ring (bicyclic) bond motifs is 1. The van der Waals surface area contributed by atoms with Gasteiger partial charge in [0.15, 0.2) is 23.0 Å². The van der Waals surface area contributed by atoms with E-state index in [1.807, 2.05) is 30.3 Å². The molecule has 0 fully saturated rings. The van der Waals surface area contributed by atoms with Crippen LogP contribution in [-0.2, 0) is 4.79 Å². The highest BCUT2D eigenvalue weighted by Gasteiger charge is 2.22. The van der Waals surface area contributed by atoms with Gasteiger partial charge >= 0.3 is 11.9 Å². The Kier molecular flexibility index (Phi) is 10.1. The number of hydrogen-bond acceptors (Lipinski definition) is 9. The zero-order valence-electron chi connectivity index (χ0n) is 25.9. The molecular formula is C35H30ClN3O8. The van der Waals surface area contributed by atoms with Crippen LogP contribution in [0.3, 0.4) is 0 Å². The fourth-order valence-corrected chi connectivity index (χ4v) is 5.01. The summed E-state index contributed by atoms with van der Waals surface area (Å²) in [5, 5.41) is 5.39. The van der Waals surface area contributed by atoms with Crippen molar-refractivity contribution < 1.29 is 38.1 Å². The predicted octanol–water partition coefficient (Wildman–Crippen LogP) is 6.81. The standard InChI is InChI=1S/C35H30ClN3O8/c1-5-45-31-16-21(10-14-29(31)47-35(42)22-11-15-28(46-20(2)40)30(17-22)44-4)19-37-39-34(41)33-32(24-8-6-7-9-26(24)36)25-18-23(43-3)12-13-27(25)38-33/h6-19,38H,5H2,1-4H3,(H,39,41). The minimum Gasteiger partial charge on any atom is -0.497 e. The topological polar surface area (TPSA) is 138 Å². The number of rotatable bonds is 11. The molecule has 0 aliphatic rings. The highest BCUT2D eigenvalue weighted by Crippen LogP contribution is 2.38.